The lowest BCUT2D eigenvalue weighted by molar-refractivity contribution is -0.332. The summed E-state index contributed by atoms with van der Waals surface area (Å²) in [4.78, 5) is 0. The van der Waals surface area contributed by atoms with E-state index in [4.69, 9.17) is 0 Å². The van der Waals surface area contributed by atoms with Gasteiger partial charge in [0, 0.05) is 11.1 Å². The molecule has 0 bridgehead atoms. The fraction of sp³-hybridized carbons (Fsp3) is 0.733. The zero-order valence-corrected chi connectivity index (χ0v) is 20.2. The SMILES string of the molecule is F.F/C(=C/Cl)C(F)(F)C(F)(F)C(F)F.F/C(=C\Cl)C(F)(F)C(F)(F)C(F)F.FC(F)C(F)(F)C(F)(F)C(F)(F)CCl. The molecular formula is C15H8Cl3F23. The molecule has 250 valence electrons. The van der Waals surface area contributed by atoms with E-state index in [2.05, 4.69) is 34.8 Å². The van der Waals surface area contributed by atoms with Gasteiger partial charge in [-0.25, -0.2) is 35.1 Å². The molecule has 0 rings (SSSR count). The third-order valence-electron chi connectivity index (χ3n) is 3.50. The van der Waals surface area contributed by atoms with E-state index in [0.29, 0.717) is 0 Å². The Morgan fingerprint density at radius 1 is 0.512 bits per heavy atom. The maximum Gasteiger partial charge on any atom is 0.379 e. The van der Waals surface area contributed by atoms with E-state index >= 15 is 0 Å². The summed E-state index contributed by atoms with van der Waals surface area (Å²) in [5.41, 5.74) is -1.04. The first-order valence-corrected chi connectivity index (χ1v) is 9.74. The van der Waals surface area contributed by atoms with Crippen molar-refractivity contribution in [3.63, 3.8) is 0 Å². The van der Waals surface area contributed by atoms with Gasteiger partial charge in [-0.3, -0.25) is 4.70 Å². The van der Waals surface area contributed by atoms with E-state index in [1.54, 1.807) is 0 Å². The van der Waals surface area contributed by atoms with E-state index in [-0.39, 0.29) is 4.70 Å². The van der Waals surface area contributed by atoms with Crippen molar-refractivity contribution in [1.29, 1.82) is 0 Å². The fourth-order valence-corrected chi connectivity index (χ4v) is 1.64. The molecule has 0 aromatic rings. The normalized spacial score (nSPS) is 14.8. The molecular weight excluding hydrogens is 723 g/mol. The first-order chi connectivity index (χ1) is 17.4. The zero-order valence-electron chi connectivity index (χ0n) is 18.0. The lowest BCUT2D eigenvalue weighted by Gasteiger charge is -2.30. The summed E-state index contributed by atoms with van der Waals surface area (Å²) >= 11 is 13.0. The highest BCUT2D eigenvalue weighted by atomic mass is 35.5. The molecule has 0 fully saturated rings. The minimum atomic E-state index is -6.18. The molecule has 0 aromatic heterocycles. The van der Waals surface area contributed by atoms with E-state index in [1.165, 1.54) is 0 Å². The van der Waals surface area contributed by atoms with Crippen LogP contribution in [0.3, 0.4) is 0 Å². The number of hydrogen-bond donors (Lipinski definition) is 0. The molecule has 0 unspecified atom stereocenters. The summed E-state index contributed by atoms with van der Waals surface area (Å²) < 4.78 is 260. The van der Waals surface area contributed by atoms with Crippen LogP contribution in [0.25, 0.3) is 0 Å². The number of rotatable bonds is 10. The molecule has 0 amide bonds. The second kappa shape index (κ2) is 16.0. The summed E-state index contributed by atoms with van der Waals surface area (Å²) in [6, 6.07) is 0. The van der Waals surface area contributed by atoms with Gasteiger partial charge in [0.15, 0.2) is 11.7 Å². The lowest BCUT2D eigenvalue weighted by Crippen LogP contribution is -2.58. The predicted octanol–water partition coefficient (Wildman–Crippen LogP) is 10.7. The first-order valence-electron chi connectivity index (χ1n) is 8.33. The molecule has 41 heavy (non-hydrogen) atoms. The van der Waals surface area contributed by atoms with Gasteiger partial charge in [0.2, 0.25) is 0 Å². The number of halogens is 26. The highest BCUT2D eigenvalue weighted by Gasteiger charge is 2.75. The van der Waals surface area contributed by atoms with Gasteiger partial charge in [-0.05, 0) is 0 Å². The molecule has 26 heteroatoms. The molecule has 0 aliphatic heterocycles. The van der Waals surface area contributed by atoms with Crippen molar-refractivity contribution in [1.82, 2.24) is 0 Å². The molecule has 0 radical (unpaired) electrons. The Kier molecular flexibility index (Phi) is 18.2. The molecule has 0 N–H and O–H groups in total. The Hall–Kier alpha value is -1.26. The van der Waals surface area contributed by atoms with Gasteiger partial charge in [-0.1, -0.05) is 23.2 Å². The number of allylic oxidation sites excluding steroid dienone is 2. The Labute approximate surface area is 226 Å². The Morgan fingerprint density at radius 3 is 0.878 bits per heavy atom. The molecule has 0 spiro atoms. The average Bonchev–Trinajstić information content (AvgIpc) is 2.82. The molecule has 0 atom stereocenters. The van der Waals surface area contributed by atoms with E-state index in [0.717, 1.165) is 0 Å². The quantitative estimate of drug-likeness (QED) is 0.155. The molecule has 0 aromatic carbocycles. The topological polar surface area (TPSA) is 0 Å². The summed E-state index contributed by atoms with van der Waals surface area (Å²) in [5, 5.41) is 0. The van der Waals surface area contributed by atoms with Gasteiger partial charge in [-0.15, -0.1) is 11.6 Å². The smallest absolute Gasteiger partial charge is 0.269 e. The highest BCUT2D eigenvalue weighted by Crippen LogP contribution is 2.49. The van der Waals surface area contributed by atoms with Gasteiger partial charge in [0.1, 0.15) is 0 Å². The van der Waals surface area contributed by atoms with Crippen molar-refractivity contribution in [2.45, 2.75) is 60.7 Å². The zero-order chi connectivity index (χ0) is 33.5. The second-order valence-electron chi connectivity index (χ2n) is 6.25. The minimum Gasteiger partial charge on any atom is -0.269 e. The highest BCUT2D eigenvalue weighted by molar-refractivity contribution is 6.25. The van der Waals surface area contributed by atoms with Crippen molar-refractivity contribution >= 4 is 34.8 Å². The van der Waals surface area contributed by atoms with Crippen LogP contribution >= 0.6 is 34.8 Å². The number of hydrogen-bond acceptors (Lipinski definition) is 0. The average molecular weight is 732 g/mol. The van der Waals surface area contributed by atoms with Crippen molar-refractivity contribution in [2.24, 2.45) is 0 Å². The van der Waals surface area contributed by atoms with Gasteiger partial charge in [0.05, 0.1) is 5.88 Å². The monoisotopic (exact) mass is 730 g/mol. The molecule has 0 nitrogen and oxygen atoms in total. The molecule has 0 aliphatic carbocycles. The van der Waals surface area contributed by atoms with E-state index in [1.807, 2.05) is 0 Å². The fourth-order valence-electron chi connectivity index (χ4n) is 1.19. The van der Waals surface area contributed by atoms with Crippen molar-refractivity contribution in [2.75, 3.05) is 5.88 Å². The Morgan fingerprint density at radius 2 is 0.732 bits per heavy atom. The van der Waals surface area contributed by atoms with Gasteiger partial charge in [0.25, 0.3) is 0 Å². The largest absolute Gasteiger partial charge is 0.379 e. The molecule has 0 saturated carbocycles. The second-order valence-corrected chi connectivity index (χ2v) is 6.95. The van der Waals surface area contributed by atoms with E-state index < -0.39 is 89.3 Å². The molecule has 0 saturated heterocycles. The predicted molar refractivity (Wildman–Crippen MR) is 96.0 cm³/mol. The van der Waals surface area contributed by atoms with Crippen LogP contribution in [0.5, 0.6) is 0 Å². The maximum atomic E-state index is 12.2. The van der Waals surface area contributed by atoms with Crippen LogP contribution in [0, 0.1) is 0 Å². The van der Waals surface area contributed by atoms with Crippen LogP contribution < -0.4 is 0 Å². The van der Waals surface area contributed by atoms with Crippen LogP contribution in [0.1, 0.15) is 0 Å². The number of alkyl halides is 21. The summed E-state index contributed by atoms with van der Waals surface area (Å²) in [6.45, 7) is 0. The first kappa shape index (κ1) is 46.7. The van der Waals surface area contributed by atoms with Gasteiger partial charge < -0.3 is 0 Å². The Balaban J connectivity index is -0.000000248. The summed E-state index contributed by atoms with van der Waals surface area (Å²) in [6.07, 6.45) is -14.2. The van der Waals surface area contributed by atoms with Crippen LogP contribution in [0.15, 0.2) is 22.7 Å². The molecule has 0 heterocycles. The third kappa shape index (κ3) is 10.2. The third-order valence-corrected chi connectivity index (χ3v) is 4.22. The summed E-state index contributed by atoms with van der Waals surface area (Å²) in [7, 11) is 0. The van der Waals surface area contributed by atoms with Crippen LogP contribution in [-0.2, 0) is 0 Å². The minimum absolute atomic E-state index is 0. The van der Waals surface area contributed by atoms with E-state index in [9.17, 15) is 96.6 Å². The van der Waals surface area contributed by atoms with Gasteiger partial charge in [-0.2, -0.15) is 61.5 Å². The lowest BCUT2D eigenvalue weighted by atomic mass is 10.1. The molecule has 0 aliphatic rings. The van der Waals surface area contributed by atoms with Crippen LogP contribution in [0.2, 0.25) is 0 Å². The van der Waals surface area contributed by atoms with Crippen molar-refractivity contribution in [3.05, 3.63) is 22.7 Å². The van der Waals surface area contributed by atoms with Crippen molar-refractivity contribution in [3.8, 4) is 0 Å². The standard InChI is InChI=1S/C5H3ClF8.2C5H2ClF7.FH/c6-1-3(9,10)5(13,14)4(11,12)2(7)8;2*6-1-2(7)4(10,11)5(12,13)3(8)9;/h2H,1H2;2*1,3H;1H/b;2-1+;2-1-;. The maximum absolute atomic E-state index is 12.2. The van der Waals surface area contributed by atoms with Crippen molar-refractivity contribution < 1.29 is 101 Å². The Bertz CT molecular complexity index is 788. The summed E-state index contributed by atoms with van der Waals surface area (Å²) in [5.74, 6) is -48.2. The van der Waals surface area contributed by atoms with Crippen LogP contribution in [0.4, 0.5) is 101 Å². The van der Waals surface area contributed by atoms with Gasteiger partial charge >= 0.3 is 60.7 Å². The van der Waals surface area contributed by atoms with Crippen LogP contribution in [-0.4, -0.2) is 66.6 Å².